The Morgan fingerprint density at radius 3 is 2.08 bits per heavy atom. The standard InChI is InChI=1S/C10H15NO2/c1-7(12)8(6-11)9(13)5-10(2,3)4/h8H,5H2,1-4H3. The van der Waals surface area contributed by atoms with E-state index in [1.54, 1.807) is 6.07 Å². The quantitative estimate of drug-likeness (QED) is 0.623. The SMILES string of the molecule is CC(=O)C(C#N)C(=O)CC(C)(C)C. The van der Waals surface area contributed by atoms with Gasteiger partial charge < -0.3 is 0 Å². The summed E-state index contributed by atoms with van der Waals surface area (Å²) in [6, 6.07) is 1.72. The third-order valence-electron chi connectivity index (χ3n) is 1.56. The van der Waals surface area contributed by atoms with Gasteiger partial charge in [0.15, 0.2) is 17.5 Å². The van der Waals surface area contributed by atoms with Crippen LogP contribution in [0.5, 0.6) is 0 Å². The first-order chi connectivity index (χ1) is 5.78. The Hall–Kier alpha value is -1.17. The second kappa shape index (κ2) is 4.18. The molecule has 0 N–H and O–H groups in total. The number of Topliss-reactive ketones (excluding diaryl/α,β-unsaturated/α-hetero) is 2. The van der Waals surface area contributed by atoms with Gasteiger partial charge in [0.2, 0.25) is 0 Å². The molecule has 0 saturated heterocycles. The molecule has 3 nitrogen and oxygen atoms in total. The molecule has 0 heterocycles. The van der Waals surface area contributed by atoms with Crippen molar-refractivity contribution in [3.63, 3.8) is 0 Å². The summed E-state index contributed by atoms with van der Waals surface area (Å²) in [5.41, 5.74) is -0.165. The number of nitrogens with zero attached hydrogens (tertiary/aromatic N) is 1. The Balaban J connectivity index is 4.44. The van der Waals surface area contributed by atoms with Gasteiger partial charge in [-0.1, -0.05) is 20.8 Å². The third kappa shape index (κ3) is 4.41. The molecule has 13 heavy (non-hydrogen) atoms. The number of nitriles is 1. The van der Waals surface area contributed by atoms with E-state index in [0.717, 1.165) is 0 Å². The first kappa shape index (κ1) is 11.8. The molecule has 0 aliphatic carbocycles. The summed E-state index contributed by atoms with van der Waals surface area (Å²) < 4.78 is 0. The fourth-order valence-electron chi connectivity index (χ4n) is 1.01. The van der Waals surface area contributed by atoms with Gasteiger partial charge in [-0.2, -0.15) is 5.26 Å². The molecule has 0 bridgehead atoms. The van der Waals surface area contributed by atoms with E-state index in [0.29, 0.717) is 0 Å². The molecule has 72 valence electrons. The number of carbonyl (C=O) groups excluding carboxylic acids is 2. The zero-order valence-corrected chi connectivity index (χ0v) is 8.55. The van der Waals surface area contributed by atoms with E-state index < -0.39 is 5.92 Å². The summed E-state index contributed by atoms with van der Waals surface area (Å²) in [5, 5.41) is 8.57. The average Bonchev–Trinajstić information content (AvgIpc) is 1.82. The predicted molar refractivity (Wildman–Crippen MR) is 48.9 cm³/mol. The molecule has 1 unspecified atom stereocenters. The van der Waals surface area contributed by atoms with E-state index in [4.69, 9.17) is 5.26 Å². The molecule has 0 aromatic carbocycles. The molecule has 0 rings (SSSR count). The summed E-state index contributed by atoms with van der Waals surface area (Å²) in [4.78, 5) is 22.2. The summed E-state index contributed by atoms with van der Waals surface area (Å²) in [5.74, 6) is -1.71. The van der Waals surface area contributed by atoms with Gasteiger partial charge >= 0.3 is 0 Å². The zero-order chi connectivity index (χ0) is 10.6. The van der Waals surface area contributed by atoms with Gasteiger partial charge in [-0.3, -0.25) is 9.59 Å². The fourth-order valence-corrected chi connectivity index (χ4v) is 1.01. The van der Waals surface area contributed by atoms with Gasteiger partial charge in [-0.05, 0) is 12.3 Å². The molecule has 0 aromatic rings. The Morgan fingerprint density at radius 1 is 1.38 bits per heavy atom. The third-order valence-corrected chi connectivity index (χ3v) is 1.56. The highest BCUT2D eigenvalue weighted by Crippen LogP contribution is 2.21. The second-order valence-electron chi connectivity index (χ2n) is 4.38. The van der Waals surface area contributed by atoms with Crippen molar-refractivity contribution in [3.8, 4) is 6.07 Å². The van der Waals surface area contributed by atoms with Crippen molar-refractivity contribution in [2.75, 3.05) is 0 Å². The molecule has 0 radical (unpaired) electrons. The Morgan fingerprint density at radius 2 is 1.85 bits per heavy atom. The van der Waals surface area contributed by atoms with E-state index in [2.05, 4.69) is 0 Å². The van der Waals surface area contributed by atoms with Crippen molar-refractivity contribution in [1.82, 2.24) is 0 Å². The highest BCUT2D eigenvalue weighted by Gasteiger charge is 2.26. The van der Waals surface area contributed by atoms with Crippen molar-refractivity contribution in [2.24, 2.45) is 11.3 Å². The van der Waals surface area contributed by atoms with Crippen LogP contribution in [-0.2, 0) is 9.59 Å². The van der Waals surface area contributed by atoms with E-state index in [9.17, 15) is 9.59 Å². The van der Waals surface area contributed by atoms with Crippen molar-refractivity contribution in [2.45, 2.75) is 34.1 Å². The van der Waals surface area contributed by atoms with E-state index in [-0.39, 0.29) is 23.4 Å². The first-order valence-corrected chi connectivity index (χ1v) is 4.20. The Labute approximate surface area is 78.7 Å². The van der Waals surface area contributed by atoms with Crippen molar-refractivity contribution in [1.29, 1.82) is 5.26 Å². The number of hydrogen-bond donors (Lipinski definition) is 0. The largest absolute Gasteiger partial charge is 0.298 e. The summed E-state index contributed by atoms with van der Waals surface area (Å²) in [6.45, 7) is 6.98. The van der Waals surface area contributed by atoms with E-state index >= 15 is 0 Å². The topological polar surface area (TPSA) is 57.9 Å². The lowest BCUT2D eigenvalue weighted by atomic mass is 9.85. The Bertz CT molecular complexity index is 255. The van der Waals surface area contributed by atoms with Crippen LogP contribution in [0, 0.1) is 22.7 Å². The number of hydrogen-bond acceptors (Lipinski definition) is 3. The van der Waals surface area contributed by atoms with Crippen LogP contribution in [0.4, 0.5) is 0 Å². The molecule has 3 heteroatoms. The molecule has 0 aromatic heterocycles. The minimum Gasteiger partial charge on any atom is -0.298 e. The van der Waals surface area contributed by atoms with Crippen LogP contribution in [0.3, 0.4) is 0 Å². The molecule has 1 atom stereocenters. The number of rotatable bonds is 3. The normalized spacial score (nSPS) is 13.2. The monoisotopic (exact) mass is 181 g/mol. The summed E-state index contributed by atoms with van der Waals surface area (Å²) in [7, 11) is 0. The van der Waals surface area contributed by atoms with Crippen LogP contribution in [0.25, 0.3) is 0 Å². The van der Waals surface area contributed by atoms with Gasteiger partial charge in [0.25, 0.3) is 0 Å². The van der Waals surface area contributed by atoms with Crippen molar-refractivity contribution < 1.29 is 9.59 Å². The molecular weight excluding hydrogens is 166 g/mol. The number of carbonyl (C=O) groups is 2. The van der Waals surface area contributed by atoms with Crippen molar-refractivity contribution in [3.05, 3.63) is 0 Å². The lowest BCUT2D eigenvalue weighted by Crippen LogP contribution is -2.24. The van der Waals surface area contributed by atoms with Crippen LogP contribution in [0.2, 0.25) is 0 Å². The zero-order valence-electron chi connectivity index (χ0n) is 8.55. The van der Waals surface area contributed by atoms with Gasteiger partial charge in [-0.15, -0.1) is 0 Å². The highest BCUT2D eigenvalue weighted by molar-refractivity contribution is 6.04. The molecule has 0 aliphatic rings. The molecule has 0 fully saturated rings. The maximum atomic E-state index is 11.4. The average molecular weight is 181 g/mol. The smallest absolute Gasteiger partial charge is 0.162 e. The Kier molecular flexibility index (Phi) is 3.80. The van der Waals surface area contributed by atoms with E-state index in [1.807, 2.05) is 20.8 Å². The lowest BCUT2D eigenvalue weighted by molar-refractivity contribution is -0.130. The predicted octanol–water partition coefficient (Wildman–Crippen LogP) is 1.72. The molecule has 0 aliphatic heterocycles. The van der Waals surface area contributed by atoms with E-state index in [1.165, 1.54) is 6.92 Å². The van der Waals surface area contributed by atoms with Gasteiger partial charge in [0, 0.05) is 6.42 Å². The summed E-state index contributed by atoms with van der Waals surface area (Å²) in [6.07, 6.45) is 0.269. The maximum Gasteiger partial charge on any atom is 0.162 e. The number of ketones is 2. The molecule has 0 amide bonds. The maximum absolute atomic E-state index is 11.4. The fraction of sp³-hybridized carbons (Fsp3) is 0.700. The van der Waals surface area contributed by atoms with Crippen LogP contribution in [0.15, 0.2) is 0 Å². The molecule has 0 spiro atoms. The van der Waals surface area contributed by atoms with Crippen LogP contribution in [-0.4, -0.2) is 11.6 Å². The minimum atomic E-state index is -1.07. The van der Waals surface area contributed by atoms with Gasteiger partial charge in [0.1, 0.15) is 0 Å². The van der Waals surface area contributed by atoms with Crippen molar-refractivity contribution >= 4 is 11.6 Å². The van der Waals surface area contributed by atoms with Crippen LogP contribution >= 0.6 is 0 Å². The molecule has 0 saturated carbocycles. The van der Waals surface area contributed by atoms with Gasteiger partial charge in [0.05, 0.1) is 6.07 Å². The summed E-state index contributed by atoms with van der Waals surface area (Å²) >= 11 is 0. The van der Waals surface area contributed by atoms with Crippen LogP contribution in [0.1, 0.15) is 34.1 Å². The van der Waals surface area contributed by atoms with Gasteiger partial charge in [-0.25, -0.2) is 0 Å². The highest BCUT2D eigenvalue weighted by atomic mass is 16.1. The minimum absolute atomic E-state index is 0.165. The lowest BCUT2D eigenvalue weighted by Gasteiger charge is -2.17. The first-order valence-electron chi connectivity index (χ1n) is 4.20. The van der Waals surface area contributed by atoms with Crippen LogP contribution < -0.4 is 0 Å². The second-order valence-corrected chi connectivity index (χ2v) is 4.38. The molecular formula is C10H15NO2.